The summed E-state index contributed by atoms with van der Waals surface area (Å²) in [6.45, 7) is 0.497. The van der Waals surface area contributed by atoms with Gasteiger partial charge in [-0.25, -0.2) is 0 Å². The Hall–Kier alpha value is -1.07. The summed E-state index contributed by atoms with van der Waals surface area (Å²) >= 11 is 3.31. The first-order valence-corrected chi connectivity index (χ1v) is 5.32. The second-order valence-corrected chi connectivity index (χ2v) is 3.81. The van der Waals surface area contributed by atoms with Gasteiger partial charge in [0.2, 0.25) is 0 Å². The Morgan fingerprint density at radius 2 is 2.27 bits per heavy atom. The summed E-state index contributed by atoms with van der Waals surface area (Å²) in [5, 5.41) is 16.0. The predicted octanol–water partition coefficient (Wildman–Crippen LogP) is 1.49. The van der Waals surface area contributed by atoms with Crippen LogP contribution in [0.2, 0.25) is 0 Å². The zero-order chi connectivity index (χ0) is 11.3. The van der Waals surface area contributed by atoms with Crippen LogP contribution < -0.4 is 10.5 Å². The van der Waals surface area contributed by atoms with E-state index in [2.05, 4.69) is 15.9 Å². The second-order valence-electron chi connectivity index (χ2n) is 2.95. The van der Waals surface area contributed by atoms with Crippen LogP contribution in [0.3, 0.4) is 0 Å². The van der Waals surface area contributed by atoms with Gasteiger partial charge in [-0.15, -0.1) is 0 Å². The van der Waals surface area contributed by atoms with Crippen molar-refractivity contribution in [2.24, 2.45) is 5.73 Å². The molecule has 1 aromatic rings. The van der Waals surface area contributed by atoms with E-state index < -0.39 is 0 Å². The predicted molar refractivity (Wildman–Crippen MR) is 62.4 cm³/mol. The van der Waals surface area contributed by atoms with E-state index in [1.807, 2.05) is 6.07 Å². The summed E-state index contributed by atoms with van der Waals surface area (Å²) in [4.78, 5) is 0. The minimum absolute atomic E-state index is 0.0403. The molecule has 0 saturated heterocycles. The number of aliphatic hydroxyl groups excluding tert-OH is 1. The van der Waals surface area contributed by atoms with Crippen molar-refractivity contribution in [1.82, 2.24) is 0 Å². The second kappa shape index (κ2) is 5.72. The van der Waals surface area contributed by atoms with Crippen LogP contribution in [0.1, 0.15) is 12.0 Å². The van der Waals surface area contributed by atoms with E-state index in [1.54, 1.807) is 12.1 Å². The minimum atomic E-state index is -0.0403. The lowest BCUT2D eigenvalue weighted by Gasteiger charge is -2.11. The van der Waals surface area contributed by atoms with Crippen molar-refractivity contribution in [2.45, 2.75) is 6.42 Å². The van der Waals surface area contributed by atoms with Gasteiger partial charge in [-0.2, -0.15) is 0 Å². The Bertz CT molecular complexity index is 355. The van der Waals surface area contributed by atoms with Crippen molar-refractivity contribution in [3.8, 4) is 5.75 Å². The van der Waals surface area contributed by atoms with Gasteiger partial charge in [0.05, 0.1) is 12.2 Å². The maximum absolute atomic E-state index is 8.62. The largest absolute Gasteiger partial charge is 0.493 e. The fourth-order valence-corrected chi connectivity index (χ4v) is 1.69. The van der Waals surface area contributed by atoms with E-state index in [0.29, 0.717) is 24.3 Å². The first kappa shape index (κ1) is 12.0. The number of hydrogen-bond acceptors (Lipinski definition) is 3. The van der Waals surface area contributed by atoms with Crippen LogP contribution in [0.15, 0.2) is 22.7 Å². The number of nitrogens with one attached hydrogen (secondary N) is 1. The molecule has 0 aliphatic heterocycles. The monoisotopic (exact) mass is 272 g/mol. The van der Waals surface area contributed by atoms with Crippen molar-refractivity contribution in [2.75, 3.05) is 13.2 Å². The third-order valence-corrected chi connectivity index (χ3v) is 2.47. The van der Waals surface area contributed by atoms with Gasteiger partial charge < -0.3 is 15.6 Å². The van der Waals surface area contributed by atoms with Crippen molar-refractivity contribution >= 4 is 21.8 Å². The average Bonchev–Trinajstić information content (AvgIpc) is 2.17. The van der Waals surface area contributed by atoms with Crippen LogP contribution in [-0.2, 0) is 0 Å². The van der Waals surface area contributed by atoms with E-state index in [4.69, 9.17) is 21.0 Å². The molecule has 0 atom stereocenters. The van der Waals surface area contributed by atoms with Crippen LogP contribution in [0, 0.1) is 5.41 Å². The topological polar surface area (TPSA) is 79.3 Å². The van der Waals surface area contributed by atoms with E-state index in [0.717, 1.165) is 4.47 Å². The summed E-state index contributed by atoms with van der Waals surface area (Å²) in [6.07, 6.45) is 0.559. The number of ether oxygens (including phenoxy) is 1. The molecule has 0 aliphatic rings. The van der Waals surface area contributed by atoms with Gasteiger partial charge in [0.1, 0.15) is 11.6 Å². The molecular weight excluding hydrogens is 260 g/mol. The van der Waals surface area contributed by atoms with Crippen LogP contribution >= 0.6 is 15.9 Å². The smallest absolute Gasteiger partial charge is 0.131 e. The Balaban J connectivity index is 2.86. The highest BCUT2D eigenvalue weighted by Crippen LogP contribution is 2.26. The lowest BCUT2D eigenvalue weighted by atomic mass is 10.2. The number of nitrogen functional groups attached to an aromatic ring is 1. The maximum Gasteiger partial charge on any atom is 0.131 e. The molecule has 82 valence electrons. The van der Waals surface area contributed by atoms with Crippen LogP contribution in [0.4, 0.5) is 0 Å². The summed E-state index contributed by atoms with van der Waals surface area (Å²) in [5.41, 5.74) is 5.99. The fraction of sp³-hybridized carbons (Fsp3) is 0.300. The van der Waals surface area contributed by atoms with E-state index in [9.17, 15) is 0 Å². The first-order valence-electron chi connectivity index (χ1n) is 4.53. The molecule has 0 heterocycles. The van der Waals surface area contributed by atoms with Crippen molar-refractivity contribution in [3.05, 3.63) is 28.2 Å². The molecule has 4 N–H and O–H groups in total. The van der Waals surface area contributed by atoms with Crippen molar-refractivity contribution in [1.29, 1.82) is 5.41 Å². The summed E-state index contributed by atoms with van der Waals surface area (Å²) < 4.78 is 6.14. The Morgan fingerprint density at radius 3 is 2.87 bits per heavy atom. The number of amidine groups is 1. The number of benzene rings is 1. The molecule has 0 saturated carbocycles. The molecule has 15 heavy (non-hydrogen) atoms. The van der Waals surface area contributed by atoms with Gasteiger partial charge in [-0.05, 0) is 28.1 Å². The minimum Gasteiger partial charge on any atom is -0.493 e. The lowest BCUT2D eigenvalue weighted by Crippen LogP contribution is -2.14. The molecule has 0 amide bonds. The normalized spacial score (nSPS) is 10.0. The van der Waals surface area contributed by atoms with Gasteiger partial charge in [0.25, 0.3) is 0 Å². The van der Waals surface area contributed by atoms with Crippen molar-refractivity contribution < 1.29 is 9.84 Å². The van der Waals surface area contributed by atoms with E-state index in [-0.39, 0.29) is 12.4 Å². The van der Waals surface area contributed by atoms with Gasteiger partial charge >= 0.3 is 0 Å². The van der Waals surface area contributed by atoms with Crippen molar-refractivity contribution in [3.63, 3.8) is 0 Å². The highest BCUT2D eigenvalue weighted by atomic mass is 79.9. The van der Waals surface area contributed by atoms with Gasteiger partial charge in [0, 0.05) is 17.5 Å². The Kier molecular flexibility index (Phi) is 4.58. The van der Waals surface area contributed by atoms with E-state index >= 15 is 0 Å². The number of hydrogen-bond donors (Lipinski definition) is 3. The third kappa shape index (κ3) is 3.21. The maximum atomic E-state index is 8.62. The standard InChI is InChI=1S/C10H13BrN2O2/c11-7-3-1-4-8(9(7)10(12)13)15-6-2-5-14/h1,3-4,14H,2,5-6H2,(H3,12,13). The zero-order valence-corrected chi connectivity index (χ0v) is 9.75. The van der Waals surface area contributed by atoms with E-state index in [1.165, 1.54) is 0 Å². The molecule has 5 heteroatoms. The number of aliphatic hydroxyl groups is 1. The zero-order valence-electron chi connectivity index (χ0n) is 8.16. The summed E-state index contributed by atoms with van der Waals surface area (Å²) in [6, 6.07) is 5.36. The molecule has 0 aromatic heterocycles. The van der Waals surface area contributed by atoms with Crippen LogP contribution in [-0.4, -0.2) is 24.2 Å². The fourth-order valence-electron chi connectivity index (χ4n) is 1.13. The molecule has 0 spiro atoms. The average molecular weight is 273 g/mol. The molecular formula is C10H13BrN2O2. The van der Waals surface area contributed by atoms with Gasteiger partial charge in [-0.3, -0.25) is 5.41 Å². The first-order chi connectivity index (χ1) is 7.16. The van der Waals surface area contributed by atoms with Crippen LogP contribution in [0.5, 0.6) is 5.75 Å². The molecule has 0 unspecified atom stereocenters. The number of nitrogens with two attached hydrogens (primary N) is 1. The molecule has 1 aromatic carbocycles. The number of rotatable bonds is 5. The lowest BCUT2D eigenvalue weighted by molar-refractivity contribution is 0.233. The molecule has 1 rings (SSSR count). The molecule has 0 fully saturated rings. The molecule has 0 radical (unpaired) electrons. The summed E-state index contributed by atoms with van der Waals surface area (Å²) in [5.74, 6) is 0.520. The Morgan fingerprint density at radius 1 is 1.53 bits per heavy atom. The molecule has 4 nitrogen and oxygen atoms in total. The summed E-state index contributed by atoms with van der Waals surface area (Å²) in [7, 11) is 0. The molecule has 0 bridgehead atoms. The van der Waals surface area contributed by atoms with Crippen LogP contribution in [0.25, 0.3) is 0 Å². The number of halogens is 1. The van der Waals surface area contributed by atoms with Gasteiger partial charge in [-0.1, -0.05) is 6.07 Å². The Labute approximate surface area is 96.7 Å². The highest BCUT2D eigenvalue weighted by Gasteiger charge is 2.10. The van der Waals surface area contributed by atoms with Gasteiger partial charge in [0.15, 0.2) is 0 Å². The quantitative estimate of drug-likeness (QED) is 0.432. The highest BCUT2D eigenvalue weighted by molar-refractivity contribution is 9.10. The third-order valence-electron chi connectivity index (χ3n) is 1.80. The SMILES string of the molecule is N=C(N)c1c(Br)cccc1OCCCO. The molecule has 0 aliphatic carbocycles.